The Kier molecular flexibility index (Phi) is 5.85. The second-order valence-electron chi connectivity index (χ2n) is 8.30. The molecular weight excluding hydrogens is 429 g/mol. The molecule has 2 heterocycles. The van der Waals surface area contributed by atoms with Crippen LogP contribution in [0.15, 0.2) is 0 Å². The molecule has 2 amide bonds. The van der Waals surface area contributed by atoms with Gasteiger partial charge < -0.3 is 10.2 Å². The summed E-state index contributed by atoms with van der Waals surface area (Å²) in [7, 11) is 3.32. The van der Waals surface area contributed by atoms with Crippen LogP contribution in [0.2, 0.25) is 0 Å². The van der Waals surface area contributed by atoms with Crippen LogP contribution in [0, 0.1) is 0 Å². The van der Waals surface area contributed by atoms with E-state index in [1.54, 1.807) is 14.1 Å². The van der Waals surface area contributed by atoms with Crippen LogP contribution in [0.4, 0.5) is 18.2 Å². The first-order valence-corrected chi connectivity index (χ1v) is 11.3. The minimum atomic E-state index is -4.54. The summed E-state index contributed by atoms with van der Waals surface area (Å²) < 4.78 is 41.4. The maximum atomic E-state index is 13.4. The first-order chi connectivity index (χ1) is 14.7. The third-order valence-electron chi connectivity index (χ3n) is 5.86. The number of carbonyl (C=O) groups is 2. The standard InChI is InChI=1S/C21H25F3N4O2S/c1-27(2)20(30)17-13-8-4-6-10-15(13)31-19(17)25-16(29)11-28-14-9-5-3-7-12(14)18(26-28)21(22,23)24/h3-11H2,1-2H3,(H,25,29). The number of fused-ring (bicyclic) bond motifs is 2. The molecule has 0 saturated heterocycles. The smallest absolute Gasteiger partial charge is 0.345 e. The highest BCUT2D eigenvalue weighted by atomic mass is 32.1. The zero-order chi connectivity index (χ0) is 22.3. The fourth-order valence-electron chi connectivity index (χ4n) is 4.44. The van der Waals surface area contributed by atoms with Crippen LogP contribution in [0.3, 0.4) is 0 Å². The molecule has 0 radical (unpaired) electrons. The van der Waals surface area contributed by atoms with Gasteiger partial charge in [-0.2, -0.15) is 18.3 Å². The number of alkyl halides is 3. The van der Waals surface area contributed by atoms with Crippen molar-refractivity contribution < 1.29 is 22.8 Å². The summed E-state index contributed by atoms with van der Waals surface area (Å²) in [4.78, 5) is 28.2. The number of halogens is 3. The van der Waals surface area contributed by atoms with Gasteiger partial charge in [0, 0.05) is 30.2 Å². The van der Waals surface area contributed by atoms with E-state index in [2.05, 4.69) is 10.4 Å². The topological polar surface area (TPSA) is 67.2 Å². The molecule has 2 aromatic rings. The third kappa shape index (κ3) is 4.22. The minimum absolute atomic E-state index is 0.175. The molecule has 0 bridgehead atoms. The molecule has 31 heavy (non-hydrogen) atoms. The Hall–Kier alpha value is -2.36. The zero-order valence-corrected chi connectivity index (χ0v) is 18.4. The highest BCUT2D eigenvalue weighted by molar-refractivity contribution is 7.17. The van der Waals surface area contributed by atoms with E-state index in [-0.39, 0.29) is 18.0 Å². The molecule has 2 aromatic heterocycles. The number of nitrogens with one attached hydrogen (secondary N) is 1. The lowest BCUT2D eigenvalue weighted by Gasteiger charge is -2.16. The average Bonchev–Trinajstić information content (AvgIpc) is 3.25. The third-order valence-corrected chi connectivity index (χ3v) is 7.07. The number of hydrogen-bond acceptors (Lipinski definition) is 4. The summed E-state index contributed by atoms with van der Waals surface area (Å²) in [5.41, 5.74) is 1.31. The summed E-state index contributed by atoms with van der Waals surface area (Å²) in [6.45, 7) is -0.309. The van der Waals surface area contributed by atoms with Gasteiger partial charge in [0.05, 0.1) is 5.56 Å². The molecule has 0 aliphatic heterocycles. The zero-order valence-electron chi connectivity index (χ0n) is 17.6. The average molecular weight is 455 g/mol. The van der Waals surface area contributed by atoms with Crippen molar-refractivity contribution in [2.75, 3.05) is 19.4 Å². The maximum Gasteiger partial charge on any atom is 0.435 e. The molecule has 0 aromatic carbocycles. The van der Waals surface area contributed by atoms with E-state index in [4.69, 9.17) is 0 Å². The molecule has 0 fully saturated rings. The first kappa shape index (κ1) is 21.9. The van der Waals surface area contributed by atoms with Crippen molar-refractivity contribution in [3.05, 3.63) is 33.0 Å². The normalized spacial score (nSPS) is 15.9. The summed E-state index contributed by atoms with van der Waals surface area (Å²) >= 11 is 1.40. The Morgan fingerprint density at radius 1 is 1.06 bits per heavy atom. The number of anilines is 1. The lowest BCUT2D eigenvalue weighted by Crippen LogP contribution is -2.26. The van der Waals surface area contributed by atoms with E-state index in [1.165, 1.54) is 20.9 Å². The van der Waals surface area contributed by atoms with E-state index in [1.807, 2.05) is 0 Å². The van der Waals surface area contributed by atoms with Gasteiger partial charge in [-0.15, -0.1) is 11.3 Å². The summed E-state index contributed by atoms with van der Waals surface area (Å²) in [5, 5.41) is 7.03. The van der Waals surface area contributed by atoms with Crippen LogP contribution in [0.25, 0.3) is 0 Å². The Labute approximate surface area is 182 Å². The maximum absolute atomic E-state index is 13.4. The van der Waals surface area contributed by atoms with Gasteiger partial charge >= 0.3 is 6.18 Å². The SMILES string of the molecule is CN(C)C(=O)c1c(NC(=O)Cn2nc(C(F)(F)F)c3c2CCCC3)sc2c1CCCC2. The van der Waals surface area contributed by atoms with E-state index < -0.39 is 17.8 Å². The first-order valence-electron chi connectivity index (χ1n) is 10.5. The predicted octanol–water partition coefficient (Wildman–Crippen LogP) is 4.06. The molecular formula is C21H25F3N4O2S. The van der Waals surface area contributed by atoms with Crippen LogP contribution in [0.1, 0.15) is 63.4 Å². The molecule has 6 nitrogen and oxygen atoms in total. The molecule has 0 atom stereocenters. The van der Waals surface area contributed by atoms with Gasteiger partial charge in [0.15, 0.2) is 5.69 Å². The molecule has 0 saturated carbocycles. The predicted molar refractivity (Wildman–Crippen MR) is 111 cm³/mol. The Bertz CT molecular complexity index is 1020. The number of hydrogen-bond donors (Lipinski definition) is 1. The van der Waals surface area contributed by atoms with E-state index in [0.29, 0.717) is 35.5 Å². The van der Waals surface area contributed by atoms with Crippen molar-refractivity contribution in [1.82, 2.24) is 14.7 Å². The van der Waals surface area contributed by atoms with Crippen LogP contribution in [0.5, 0.6) is 0 Å². The number of thiophene rings is 1. The monoisotopic (exact) mass is 454 g/mol. The quantitative estimate of drug-likeness (QED) is 0.758. The fraction of sp³-hybridized carbons (Fsp3) is 0.571. The number of carbonyl (C=O) groups excluding carboxylic acids is 2. The molecule has 2 aliphatic rings. The molecule has 0 spiro atoms. The molecule has 2 aliphatic carbocycles. The molecule has 168 valence electrons. The summed E-state index contributed by atoms with van der Waals surface area (Å²) in [6, 6.07) is 0. The van der Waals surface area contributed by atoms with Crippen molar-refractivity contribution >= 4 is 28.2 Å². The van der Waals surface area contributed by atoms with Crippen molar-refractivity contribution in [2.24, 2.45) is 0 Å². The number of aromatic nitrogens is 2. The van der Waals surface area contributed by atoms with Crippen LogP contribution < -0.4 is 5.32 Å². The second kappa shape index (κ2) is 8.29. The second-order valence-corrected chi connectivity index (χ2v) is 9.40. The van der Waals surface area contributed by atoms with Gasteiger partial charge in [0.2, 0.25) is 5.91 Å². The van der Waals surface area contributed by atoms with Crippen molar-refractivity contribution in [3.63, 3.8) is 0 Å². The highest BCUT2D eigenvalue weighted by Gasteiger charge is 2.39. The van der Waals surface area contributed by atoms with Gasteiger partial charge in [0.25, 0.3) is 5.91 Å². The van der Waals surface area contributed by atoms with E-state index in [9.17, 15) is 22.8 Å². The minimum Gasteiger partial charge on any atom is -0.345 e. The van der Waals surface area contributed by atoms with Crippen LogP contribution >= 0.6 is 11.3 Å². The van der Waals surface area contributed by atoms with Gasteiger partial charge in [-0.3, -0.25) is 14.3 Å². The fourth-order valence-corrected chi connectivity index (χ4v) is 5.73. The highest BCUT2D eigenvalue weighted by Crippen LogP contribution is 2.39. The van der Waals surface area contributed by atoms with Crippen LogP contribution in [-0.2, 0) is 43.2 Å². The summed E-state index contributed by atoms with van der Waals surface area (Å²) in [6.07, 6.45) is 1.40. The lowest BCUT2D eigenvalue weighted by molar-refractivity contribution is -0.142. The van der Waals surface area contributed by atoms with E-state index >= 15 is 0 Å². The largest absolute Gasteiger partial charge is 0.435 e. The summed E-state index contributed by atoms with van der Waals surface area (Å²) in [5.74, 6) is -0.651. The molecule has 4 rings (SSSR count). The Balaban J connectivity index is 1.61. The molecule has 1 N–H and O–H groups in total. The number of rotatable bonds is 4. The van der Waals surface area contributed by atoms with Crippen molar-refractivity contribution in [3.8, 4) is 0 Å². The van der Waals surface area contributed by atoms with Crippen molar-refractivity contribution in [2.45, 2.75) is 64.1 Å². The number of nitrogens with zero attached hydrogens (tertiary/aromatic N) is 3. The number of amides is 2. The Morgan fingerprint density at radius 3 is 2.39 bits per heavy atom. The Morgan fingerprint density at radius 2 is 1.71 bits per heavy atom. The lowest BCUT2D eigenvalue weighted by atomic mass is 9.95. The van der Waals surface area contributed by atoms with E-state index in [0.717, 1.165) is 42.5 Å². The van der Waals surface area contributed by atoms with Crippen molar-refractivity contribution in [1.29, 1.82) is 0 Å². The molecule has 10 heteroatoms. The van der Waals surface area contributed by atoms with Gasteiger partial charge in [-0.25, -0.2) is 0 Å². The van der Waals surface area contributed by atoms with Gasteiger partial charge in [-0.05, 0) is 56.9 Å². The van der Waals surface area contributed by atoms with Crippen LogP contribution in [-0.4, -0.2) is 40.6 Å². The molecule has 0 unspecified atom stereocenters. The van der Waals surface area contributed by atoms with Gasteiger partial charge in [0.1, 0.15) is 11.5 Å². The number of aryl methyl sites for hydroxylation is 1. The van der Waals surface area contributed by atoms with Gasteiger partial charge in [-0.1, -0.05) is 0 Å².